The van der Waals surface area contributed by atoms with Crippen molar-refractivity contribution in [3.63, 3.8) is 0 Å². The molecule has 2 aliphatic rings. The monoisotopic (exact) mass is 312 g/mol. The van der Waals surface area contributed by atoms with Crippen LogP contribution in [0.25, 0.3) is 0 Å². The molecule has 2 fully saturated rings. The van der Waals surface area contributed by atoms with Gasteiger partial charge in [0.2, 0.25) is 5.91 Å². The van der Waals surface area contributed by atoms with Crippen molar-refractivity contribution < 1.29 is 18.0 Å². The van der Waals surface area contributed by atoms with Crippen LogP contribution in [0.5, 0.6) is 0 Å². The van der Waals surface area contributed by atoms with Crippen molar-refractivity contribution in [3.8, 4) is 0 Å². The van der Waals surface area contributed by atoms with E-state index in [2.05, 4.69) is 10.9 Å². The molecule has 2 aliphatic carbocycles. The van der Waals surface area contributed by atoms with Gasteiger partial charge in [0.1, 0.15) is 0 Å². The average molecular weight is 312 g/mol. The van der Waals surface area contributed by atoms with Crippen molar-refractivity contribution in [2.75, 3.05) is 5.43 Å². The molecule has 120 valence electrons. The van der Waals surface area contributed by atoms with Gasteiger partial charge in [0.05, 0.1) is 11.3 Å². The van der Waals surface area contributed by atoms with Crippen molar-refractivity contribution in [3.05, 3.63) is 29.8 Å². The Morgan fingerprint density at radius 1 is 1.18 bits per heavy atom. The highest BCUT2D eigenvalue weighted by molar-refractivity contribution is 5.78. The summed E-state index contributed by atoms with van der Waals surface area (Å²) in [6.07, 6.45) is 0.688. The van der Waals surface area contributed by atoms with E-state index in [1.807, 2.05) is 0 Å². The van der Waals surface area contributed by atoms with Gasteiger partial charge in [0, 0.05) is 6.42 Å². The molecule has 6 heteroatoms. The number of carbonyl (C=O) groups is 1. The van der Waals surface area contributed by atoms with Crippen LogP contribution in [0.2, 0.25) is 0 Å². The van der Waals surface area contributed by atoms with E-state index < -0.39 is 11.7 Å². The molecular formula is C16H19F3N2O. The molecule has 2 N–H and O–H groups in total. The zero-order chi connectivity index (χ0) is 15.7. The molecule has 0 radical (unpaired) electrons. The number of nitrogens with one attached hydrogen (secondary N) is 2. The maximum Gasteiger partial charge on any atom is 0.418 e. The molecule has 0 aliphatic heterocycles. The highest BCUT2D eigenvalue weighted by atomic mass is 19.4. The fourth-order valence-corrected chi connectivity index (χ4v) is 3.89. The number of hydrazine groups is 1. The minimum absolute atomic E-state index is 0.128. The number of fused-ring (bicyclic) bond motifs is 2. The molecule has 3 rings (SSSR count). The molecule has 0 spiro atoms. The second-order valence-corrected chi connectivity index (χ2v) is 6.36. The van der Waals surface area contributed by atoms with Gasteiger partial charge >= 0.3 is 6.18 Å². The number of rotatable bonds is 4. The Morgan fingerprint density at radius 2 is 1.95 bits per heavy atom. The van der Waals surface area contributed by atoms with Crippen LogP contribution in [0.1, 0.15) is 37.7 Å². The summed E-state index contributed by atoms with van der Waals surface area (Å²) in [4.78, 5) is 12.0. The third kappa shape index (κ3) is 3.20. The minimum Gasteiger partial charge on any atom is -0.298 e. The smallest absolute Gasteiger partial charge is 0.298 e. The quantitative estimate of drug-likeness (QED) is 0.826. The standard InChI is InChI=1S/C16H19F3N2O/c17-16(18,19)13-3-1-2-4-14(13)20-21-15(22)9-12-8-10-5-6-11(12)7-10/h1-4,10-12,20H,5-9H2,(H,21,22). The minimum atomic E-state index is -4.45. The van der Waals surface area contributed by atoms with Gasteiger partial charge in [-0.15, -0.1) is 0 Å². The van der Waals surface area contributed by atoms with Crippen LogP contribution >= 0.6 is 0 Å². The van der Waals surface area contributed by atoms with Crippen molar-refractivity contribution in [2.24, 2.45) is 17.8 Å². The molecule has 1 aromatic carbocycles. The highest BCUT2D eigenvalue weighted by Crippen LogP contribution is 2.49. The largest absolute Gasteiger partial charge is 0.418 e. The van der Waals surface area contributed by atoms with Crippen LogP contribution in [0, 0.1) is 17.8 Å². The second kappa shape index (κ2) is 5.82. The Bertz CT molecular complexity index is 559. The lowest BCUT2D eigenvalue weighted by molar-refractivity contribution is -0.137. The summed E-state index contributed by atoms with van der Waals surface area (Å²) < 4.78 is 38.5. The third-order valence-corrected chi connectivity index (χ3v) is 4.90. The zero-order valence-electron chi connectivity index (χ0n) is 12.1. The predicted molar refractivity (Wildman–Crippen MR) is 76.8 cm³/mol. The van der Waals surface area contributed by atoms with Gasteiger partial charge in [-0.1, -0.05) is 18.6 Å². The molecule has 0 saturated heterocycles. The zero-order valence-corrected chi connectivity index (χ0v) is 12.1. The molecule has 3 nitrogen and oxygen atoms in total. The normalized spacial score (nSPS) is 27.0. The van der Waals surface area contributed by atoms with Gasteiger partial charge in [0.25, 0.3) is 0 Å². The van der Waals surface area contributed by atoms with Crippen LogP contribution in [0.4, 0.5) is 18.9 Å². The number of hydrogen-bond donors (Lipinski definition) is 2. The number of hydrogen-bond acceptors (Lipinski definition) is 2. The van der Waals surface area contributed by atoms with Crippen LogP contribution in [0.3, 0.4) is 0 Å². The summed E-state index contributed by atoms with van der Waals surface area (Å²) >= 11 is 0. The number of alkyl halides is 3. The van der Waals surface area contributed by atoms with Crippen LogP contribution in [0.15, 0.2) is 24.3 Å². The van der Waals surface area contributed by atoms with Crippen molar-refractivity contribution in [2.45, 2.75) is 38.3 Å². The summed E-state index contributed by atoms with van der Waals surface area (Å²) in [7, 11) is 0. The van der Waals surface area contributed by atoms with E-state index in [0.717, 1.165) is 18.4 Å². The second-order valence-electron chi connectivity index (χ2n) is 6.36. The number of benzene rings is 1. The third-order valence-electron chi connectivity index (χ3n) is 4.90. The summed E-state index contributed by atoms with van der Waals surface area (Å²) in [5.74, 6) is 1.52. The lowest BCUT2D eigenvalue weighted by Crippen LogP contribution is -2.32. The number of halogens is 3. The van der Waals surface area contributed by atoms with Crippen LogP contribution in [-0.4, -0.2) is 5.91 Å². The molecule has 2 bridgehead atoms. The summed E-state index contributed by atoms with van der Waals surface area (Å²) in [6, 6.07) is 5.12. The number of amides is 1. The van der Waals surface area contributed by atoms with Gasteiger partial charge < -0.3 is 0 Å². The Labute approximate surface area is 127 Å². The molecule has 22 heavy (non-hydrogen) atoms. The lowest BCUT2D eigenvalue weighted by atomic mass is 9.86. The number of para-hydroxylation sites is 1. The maximum atomic E-state index is 12.8. The van der Waals surface area contributed by atoms with Gasteiger partial charge in [-0.3, -0.25) is 15.6 Å². The first-order valence-electron chi connectivity index (χ1n) is 7.64. The maximum absolute atomic E-state index is 12.8. The summed E-state index contributed by atoms with van der Waals surface area (Å²) in [5, 5.41) is 0. The van der Waals surface area contributed by atoms with Crippen molar-refractivity contribution in [1.82, 2.24) is 5.43 Å². The fraction of sp³-hybridized carbons (Fsp3) is 0.562. The van der Waals surface area contributed by atoms with E-state index in [1.165, 1.54) is 37.5 Å². The van der Waals surface area contributed by atoms with E-state index in [0.29, 0.717) is 18.3 Å². The van der Waals surface area contributed by atoms with E-state index in [4.69, 9.17) is 0 Å². The first-order valence-corrected chi connectivity index (χ1v) is 7.64. The van der Waals surface area contributed by atoms with E-state index >= 15 is 0 Å². The molecule has 0 heterocycles. The van der Waals surface area contributed by atoms with Crippen molar-refractivity contribution >= 4 is 11.6 Å². The molecule has 1 amide bonds. The molecule has 3 atom stereocenters. The van der Waals surface area contributed by atoms with Gasteiger partial charge in [-0.25, -0.2) is 0 Å². The Kier molecular flexibility index (Phi) is 4.02. The Hall–Kier alpha value is -1.72. The SMILES string of the molecule is O=C(CC1CC2CCC1C2)NNc1ccccc1C(F)(F)F. The highest BCUT2D eigenvalue weighted by Gasteiger charge is 2.40. The number of anilines is 1. The summed E-state index contributed by atoms with van der Waals surface area (Å²) in [6.45, 7) is 0. The first kappa shape index (κ1) is 15.2. The van der Waals surface area contributed by atoms with Gasteiger partial charge in [-0.2, -0.15) is 13.2 Å². The van der Waals surface area contributed by atoms with Crippen molar-refractivity contribution in [1.29, 1.82) is 0 Å². The van der Waals surface area contributed by atoms with Crippen LogP contribution in [-0.2, 0) is 11.0 Å². The van der Waals surface area contributed by atoms with E-state index in [-0.39, 0.29) is 11.6 Å². The fourth-order valence-electron chi connectivity index (χ4n) is 3.89. The molecular weight excluding hydrogens is 293 g/mol. The van der Waals surface area contributed by atoms with Gasteiger partial charge in [-0.05, 0) is 49.1 Å². The number of carbonyl (C=O) groups excluding carboxylic acids is 1. The topological polar surface area (TPSA) is 41.1 Å². The molecule has 1 aromatic rings. The molecule has 0 aromatic heterocycles. The predicted octanol–water partition coefficient (Wildman–Crippen LogP) is 3.97. The van der Waals surface area contributed by atoms with E-state index in [9.17, 15) is 18.0 Å². The Balaban J connectivity index is 1.55. The van der Waals surface area contributed by atoms with Gasteiger partial charge in [0.15, 0.2) is 0 Å². The lowest BCUT2D eigenvalue weighted by Gasteiger charge is -2.21. The average Bonchev–Trinajstić information content (AvgIpc) is 3.07. The Morgan fingerprint density at radius 3 is 2.59 bits per heavy atom. The summed E-state index contributed by atoms with van der Waals surface area (Å²) in [5.41, 5.74) is 3.92. The first-order chi connectivity index (χ1) is 10.4. The van der Waals surface area contributed by atoms with E-state index in [1.54, 1.807) is 0 Å². The molecule has 2 saturated carbocycles. The molecule has 3 unspecified atom stereocenters. The van der Waals surface area contributed by atoms with Crippen LogP contribution < -0.4 is 10.9 Å².